The number of nitrogens with zero attached hydrogens (tertiary/aromatic N) is 3. The first-order valence-corrected chi connectivity index (χ1v) is 10.7. The summed E-state index contributed by atoms with van der Waals surface area (Å²) in [6.45, 7) is 24.6. The Balaban J connectivity index is -0.000000337. The topological polar surface area (TPSA) is 43.9 Å². The van der Waals surface area contributed by atoms with Crippen molar-refractivity contribution in [3.63, 3.8) is 0 Å². The highest BCUT2D eigenvalue weighted by Crippen LogP contribution is 2.03. The van der Waals surface area contributed by atoms with Gasteiger partial charge in [-0.1, -0.05) is 27.7 Å². The molecule has 0 fully saturated rings. The number of hydrogen-bond donors (Lipinski definition) is 0. The van der Waals surface area contributed by atoms with Crippen LogP contribution in [0.2, 0.25) is 0 Å². The van der Waals surface area contributed by atoms with Crippen LogP contribution in [0, 0.1) is 11.8 Å². The van der Waals surface area contributed by atoms with Crippen LogP contribution in [-0.4, -0.2) is 71.8 Å². The second-order valence-electron chi connectivity index (χ2n) is 9.25. The number of carbonyl (C=O) groups excluding carboxylic acids is 2. The van der Waals surface area contributed by atoms with Crippen LogP contribution in [0.3, 0.4) is 0 Å². The van der Waals surface area contributed by atoms with E-state index < -0.39 is 0 Å². The predicted octanol–water partition coefficient (Wildman–Crippen LogP) is 4.75. The zero-order valence-corrected chi connectivity index (χ0v) is 21.6. The Morgan fingerprint density at radius 3 is 0.714 bits per heavy atom. The van der Waals surface area contributed by atoms with Crippen molar-refractivity contribution < 1.29 is 9.59 Å². The summed E-state index contributed by atoms with van der Waals surface area (Å²) < 4.78 is 0. The Bertz CT molecular complexity index is 378. The van der Waals surface area contributed by atoms with E-state index in [2.05, 4.69) is 39.6 Å². The Kier molecular flexibility index (Phi) is 17.8. The second-order valence-corrected chi connectivity index (χ2v) is 9.25. The predicted molar refractivity (Wildman–Crippen MR) is 124 cm³/mol. The fourth-order valence-corrected chi connectivity index (χ4v) is 1.92. The van der Waals surface area contributed by atoms with Crippen LogP contribution in [-0.2, 0) is 9.59 Å². The van der Waals surface area contributed by atoms with E-state index in [1.165, 1.54) is 0 Å². The molecule has 0 heterocycles. The molecule has 0 radical (unpaired) electrons. The summed E-state index contributed by atoms with van der Waals surface area (Å²) in [5.41, 5.74) is 0. The molecule has 0 aliphatic heterocycles. The van der Waals surface area contributed by atoms with Gasteiger partial charge in [-0.2, -0.15) is 0 Å². The van der Waals surface area contributed by atoms with E-state index in [-0.39, 0.29) is 23.7 Å². The Morgan fingerprint density at radius 2 is 0.679 bits per heavy atom. The zero-order chi connectivity index (χ0) is 23.4. The molecule has 0 aromatic heterocycles. The second kappa shape index (κ2) is 15.8. The van der Waals surface area contributed by atoms with Crippen LogP contribution >= 0.6 is 0 Å². The Labute approximate surface area is 176 Å². The monoisotopic (exact) mass is 401 g/mol. The van der Waals surface area contributed by atoms with E-state index in [1.807, 2.05) is 69.5 Å². The molecule has 0 aromatic carbocycles. The molecule has 0 aliphatic carbocycles. The summed E-state index contributed by atoms with van der Waals surface area (Å²) in [6.07, 6.45) is 0. The number of amides is 2. The Morgan fingerprint density at radius 1 is 0.464 bits per heavy atom. The quantitative estimate of drug-likeness (QED) is 0.645. The lowest BCUT2D eigenvalue weighted by molar-refractivity contribution is -0.135. The maximum atomic E-state index is 11.2. The van der Waals surface area contributed by atoms with E-state index in [9.17, 15) is 9.59 Å². The molecule has 170 valence electrons. The molecule has 0 bridgehead atoms. The highest BCUT2D eigenvalue weighted by atomic mass is 16.2. The van der Waals surface area contributed by atoms with Gasteiger partial charge in [0, 0.05) is 50.1 Å². The van der Waals surface area contributed by atoms with E-state index in [0.717, 1.165) is 0 Å². The minimum Gasteiger partial charge on any atom is -0.343 e. The average molecular weight is 402 g/mol. The summed E-state index contributed by atoms with van der Waals surface area (Å²) in [5.74, 6) is 0.671. The SMILES string of the molecule is CC(C)C(=O)N(C)C(C)C.CC(C)C(=O)N(C)C(C)C.CC(C)N(C)C(C)C. The lowest BCUT2D eigenvalue weighted by Gasteiger charge is -2.24. The fourth-order valence-electron chi connectivity index (χ4n) is 1.92. The first kappa shape index (κ1) is 31.6. The molecular weight excluding hydrogens is 350 g/mol. The molecule has 0 unspecified atom stereocenters. The van der Waals surface area contributed by atoms with Crippen LogP contribution in [0.5, 0.6) is 0 Å². The van der Waals surface area contributed by atoms with Gasteiger partial charge in [-0.25, -0.2) is 0 Å². The van der Waals surface area contributed by atoms with Crippen LogP contribution in [0.4, 0.5) is 0 Å². The molecule has 5 nitrogen and oxygen atoms in total. The largest absolute Gasteiger partial charge is 0.343 e. The number of hydrogen-bond acceptors (Lipinski definition) is 3. The summed E-state index contributed by atoms with van der Waals surface area (Å²) in [5, 5.41) is 0. The summed E-state index contributed by atoms with van der Waals surface area (Å²) in [6, 6.07) is 1.98. The van der Waals surface area contributed by atoms with Crippen molar-refractivity contribution in [1.82, 2.24) is 14.7 Å². The fraction of sp³-hybridized carbons (Fsp3) is 0.913. The molecule has 0 atom stereocenters. The van der Waals surface area contributed by atoms with Gasteiger partial charge < -0.3 is 14.7 Å². The van der Waals surface area contributed by atoms with Crippen molar-refractivity contribution in [3.8, 4) is 0 Å². The zero-order valence-electron chi connectivity index (χ0n) is 21.6. The van der Waals surface area contributed by atoms with Gasteiger partial charge in [-0.15, -0.1) is 0 Å². The third-order valence-electron chi connectivity index (χ3n) is 4.86. The highest BCUT2D eigenvalue weighted by Gasteiger charge is 2.15. The molecule has 0 aliphatic rings. The summed E-state index contributed by atoms with van der Waals surface area (Å²) in [4.78, 5) is 28.3. The molecule has 0 saturated carbocycles. The van der Waals surface area contributed by atoms with Crippen LogP contribution in [0.25, 0.3) is 0 Å². The summed E-state index contributed by atoms with van der Waals surface area (Å²) >= 11 is 0. The minimum atomic E-state index is 0.118. The lowest BCUT2D eigenvalue weighted by Crippen LogP contribution is -2.35. The molecule has 0 aromatic rings. The van der Waals surface area contributed by atoms with Gasteiger partial charge in [0.1, 0.15) is 0 Å². The van der Waals surface area contributed by atoms with Crippen molar-refractivity contribution in [2.24, 2.45) is 11.8 Å². The normalized spacial score (nSPS) is 11.1. The molecule has 0 N–H and O–H groups in total. The number of carbonyl (C=O) groups is 2. The molecule has 0 saturated heterocycles. The van der Waals surface area contributed by atoms with Gasteiger partial charge in [0.2, 0.25) is 11.8 Å². The van der Waals surface area contributed by atoms with Gasteiger partial charge >= 0.3 is 0 Å². The van der Waals surface area contributed by atoms with Crippen molar-refractivity contribution in [1.29, 1.82) is 0 Å². The van der Waals surface area contributed by atoms with Gasteiger partial charge in [0.25, 0.3) is 0 Å². The molecular formula is C23H51N3O2. The van der Waals surface area contributed by atoms with E-state index >= 15 is 0 Å². The first-order valence-electron chi connectivity index (χ1n) is 10.7. The first-order chi connectivity index (χ1) is 12.5. The van der Waals surface area contributed by atoms with E-state index in [4.69, 9.17) is 0 Å². The lowest BCUT2D eigenvalue weighted by atomic mass is 10.2. The molecule has 0 rings (SSSR count). The van der Waals surface area contributed by atoms with E-state index in [1.54, 1.807) is 9.80 Å². The standard InChI is InChI=1S/2C8H17NO.C7H17N/c2*1-6(2)8(10)9(5)7(3)4;1-6(2)8(5)7(3)4/h2*6-7H,1-5H3;6-7H,1-5H3. The maximum absolute atomic E-state index is 11.2. The summed E-state index contributed by atoms with van der Waals surface area (Å²) in [7, 11) is 5.83. The van der Waals surface area contributed by atoms with Crippen LogP contribution in [0.15, 0.2) is 0 Å². The molecule has 28 heavy (non-hydrogen) atoms. The highest BCUT2D eigenvalue weighted by molar-refractivity contribution is 5.78. The van der Waals surface area contributed by atoms with Crippen molar-refractivity contribution >= 4 is 11.8 Å². The third-order valence-corrected chi connectivity index (χ3v) is 4.86. The van der Waals surface area contributed by atoms with E-state index in [0.29, 0.717) is 24.2 Å². The Hall–Kier alpha value is -1.10. The smallest absolute Gasteiger partial charge is 0.225 e. The van der Waals surface area contributed by atoms with Gasteiger partial charge in [0.15, 0.2) is 0 Å². The van der Waals surface area contributed by atoms with Crippen LogP contribution in [0.1, 0.15) is 83.1 Å². The average Bonchev–Trinajstić information content (AvgIpc) is 2.58. The van der Waals surface area contributed by atoms with Gasteiger partial charge in [-0.3, -0.25) is 9.59 Å². The minimum absolute atomic E-state index is 0.118. The number of rotatable bonds is 6. The van der Waals surface area contributed by atoms with Gasteiger partial charge in [-0.05, 0) is 62.4 Å². The molecule has 2 amide bonds. The van der Waals surface area contributed by atoms with Crippen molar-refractivity contribution in [2.45, 2.75) is 107 Å². The maximum Gasteiger partial charge on any atom is 0.225 e. The molecule has 0 spiro atoms. The van der Waals surface area contributed by atoms with Crippen molar-refractivity contribution in [3.05, 3.63) is 0 Å². The third kappa shape index (κ3) is 14.9. The van der Waals surface area contributed by atoms with Crippen LogP contribution < -0.4 is 0 Å². The molecule has 5 heteroatoms. The van der Waals surface area contributed by atoms with Gasteiger partial charge in [0.05, 0.1) is 0 Å². The van der Waals surface area contributed by atoms with Crippen molar-refractivity contribution in [2.75, 3.05) is 21.1 Å².